The number of hydrogen-bond donors (Lipinski definition) is 0. The van der Waals surface area contributed by atoms with E-state index in [-0.39, 0.29) is 5.92 Å². The fourth-order valence-electron chi connectivity index (χ4n) is 2.05. The van der Waals surface area contributed by atoms with Crippen LogP contribution in [0.4, 0.5) is 0 Å². The van der Waals surface area contributed by atoms with Crippen molar-refractivity contribution in [3.8, 4) is 0 Å². The van der Waals surface area contributed by atoms with Gasteiger partial charge in [0, 0.05) is 12.3 Å². The predicted molar refractivity (Wildman–Crippen MR) is 57.6 cm³/mol. The summed E-state index contributed by atoms with van der Waals surface area (Å²) in [5, 5.41) is 0. The second-order valence-corrected chi connectivity index (χ2v) is 5.08. The summed E-state index contributed by atoms with van der Waals surface area (Å²) in [4.78, 5) is 11.8. The number of carbonyl (C=O) groups excluding carboxylic acids is 1. The lowest BCUT2D eigenvalue weighted by Crippen LogP contribution is -2.26. The standard InChI is InChI=1S/C12H24O/c1-8(2)7-11(13)12(9(3)4)10(5)6/h8-10,12H,7H2,1-6H3. The molecule has 0 aromatic carbocycles. The summed E-state index contributed by atoms with van der Waals surface area (Å²) in [5.41, 5.74) is 0. The highest BCUT2D eigenvalue weighted by atomic mass is 16.1. The van der Waals surface area contributed by atoms with Gasteiger partial charge in [0.25, 0.3) is 0 Å². The average Bonchev–Trinajstić information content (AvgIpc) is 1.81. The molecule has 0 radical (unpaired) electrons. The highest BCUT2D eigenvalue weighted by Gasteiger charge is 2.25. The van der Waals surface area contributed by atoms with Crippen molar-refractivity contribution >= 4 is 5.78 Å². The Kier molecular flexibility index (Phi) is 5.27. The number of carbonyl (C=O) groups is 1. The highest BCUT2D eigenvalue weighted by Crippen LogP contribution is 2.24. The fraction of sp³-hybridized carbons (Fsp3) is 0.917. The van der Waals surface area contributed by atoms with E-state index in [2.05, 4.69) is 41.5 Å². The van der Waals surface area contributed by atoms with Crippen molar-refractivity contribution in [1.82, 2.24) is 0 Å². The van der Waals surface area contributed by atoms with Gasteiger partial charge in [-0.1, -0.05) is 41.5 Å². The maximum absolute atomic E-state index is 11.8. The van der Waals surface area contributed by atoms with Crippen LogP contribution in [0.5, 0.6) is 0 Å². The topological polar surface area (TPSA) is 17.1 Å². The van der Waals surface area contributed by atoms with E-state index in [1.54, 1.807) is 0 Å². The minimum Gasteiger partial charge on any atom is -0.299 e. The third-order valence-corrected chi connectivity index (χ3v) is 2.42. The Hall–Kier alpha value is -0.330. The van der Waals surface area contributed by atoms with Crippen molar-refractivity contribution in [2.75, 3.05) is 0 Å². The molecule has 78 valence electrons. The van der Waals surface area contributed by atoms with Crippen LogP contribution in [0.2, 0.25) is 0 Å². The smallest absolute Gasteiger partial charge is 0.136 e. The van der Waals surface area contributed by atoms with E-state index < -0.39 is 0 Å². The van der Waals surface area contributed by atoms with Crippen molar-refractivity contribution in [3.63, 3.8) is 0 Å². The van der Waals surface area contributed by atoms with Crippen molar-refractivity contribution < 1.29 is 4.79 Å². The summed E-state index contributed by atoms with van der Waals surface area (Å²) in [7, 11) is 0. The van der Waals surface area contributed by atoms with Crippen LogP contribution in [0.3, 0.4) is 0 Å². The lowest BCUT2D eigenvalue weighted by atomic mass is 9.80. The van der Waals surface area contributed by atoms with Crippen LogP contribution in [-0.2, 0) is 4.79 Å². The first-order chi connectivity index (χ1) is 5.86. The van der Waals surface area contributed by atoms with Gasteiger partial charge in [0.2, 0.25) is 0 Å². The average molecular weight is 184 g/mol. The van der Waals surface area contributed by atoms with Crippen LogP contribution in [0, 0.1) is 23.7 Å². The van der Waals surface area contributed by atoms with E-state index in [4.69, 9.17) is 0 Å². The molecule has 0 unspecified atom stereocenters. The Morgan fingerprint density at radius 2 is 1.31 bits per heavy atom. The Morgan fingerprint density at radius 1 is 0.923 bits per heavy atom. The molecule has 0 saturated heterocycles. The van der Waals surface area contributed by atoms with E-state index in [0.29, 0.717) is 23.5 Å². The van der Waals surface area contributed by atoms with Crippen molar-refractivity contribution in [1.29, 1.82) is 0 Å². The predicted octanol–water partition coefficient (Wildman–Crippen LogP) is 3.53. The van der Waals surface area contributed by atoms with Crippen molar-refractivity contribution in [3.05, 3.63) is 0 Å². The Labute approximate surface area is 82.9 Å². The molecular weight excluding hydrogens is 160 g/mol. The van der Waals surface area contributed by atoms with Crippen LogP contribution in [0.15, 0.2) is 0 Å². The molecule has 0 rings (SSSR count). The van der Waals surface area contributed by atoms with Gasteiger partial charge in [0.1, 0.15) is 5.78 Å². The zero-order valence-corrected chi connectivity index (χ0v) is 9.92. The van der Waals surface area contributed by atoms with Gasteiger partial charge in [0.15, 0.2) is 0 Å². The molecule has 0 bridgehead atoms. The molecule has 0 aliphatic heterocycles. The van der Waals surface area contributed by atoms with Crippen LogP contribution < -0.4 is 0 Å². The molecule has 0 spiro atoms. The van der Waals surface area contributed by atoms with Crippen LogP contribution >= 0.6 is 0 Å². The van der Waals surface area contributed by atoms with Gasteiger partial charge in [-0.3, -0.25) is 4.79 Å². The molecule has 0 atom stereocenters. The first-order valence-electron chi connectivity index (χ1n) is 5.39. The van der Waals surface area contributed by atoms with Gasteiger partial charge in [0.05, 0.1) is 0 Å². The van der Waals surface area contributed by atoms with E-state index in [1.807, 2.05) is 0 Å². The molecule has 0 amide bonds. The summed E-state index contributed by atoms with van der Waals surface area (Å²) in [6, 6.07) is 0. The molecule has 13 heavy (non-hydrogen) atoms. The summed E-state index contributed by atoms with van der Waals surface area (Å²) >= 11 is 0. The normalized spacial score (nSPS) is 12.2. The highest BCUT2D eigenvalue weighted by molar-refractivity contribution is 5.81. The molecule has 0 aromatic heterocycles. The number of rotatable bonds is 5. The van der Waals surface area contributed by atoms with Crippen LogP contribution in [0.1, 0.15) is 48.0 Å². The third kappa shape index (κ3) is 4.44. The quantitative estimate of drug-likeness (QED) is 0.639. The lowest BCUT2D eigenvalue weighted by Gasteiger charge is -2.24. The van der Waals surface area contributed by atoms with Crippen molar-refractivity contribution in [2.45, 2.75) is 48.0 Å². The lowest BCUT2D eigenvalue weighted by molar-refractivity contribution is -0.126. The molecule has 0 heterocycles. The zero-order chi connectivity index (χ0) is 10.6. The fourth-order valence-corrected chi connectivity index (χ4v) is 2.05. The molecule has 0 fully saturated rings. The Morgan fingerprint density at radius 3 is 1.54 bits per heavy atom. The van der Waals surface area contributed by atoms with Crippen molar-refractivity contribution in [2.24, 2.45) is 23.7 Å². The van der Waals surface area contributed by atoms with Gasteiger partial charge in [-0.15, -0.1) is 0 Å². The maximum atomic E-state index is 11.8. The Bertz CT molecular complexity index is 149. The largest absolute Gasteiger partial charge is 0.299 e. The molecule has 0 N–H and O–H groups in total. The first-order valence-corrected chi connectivity index (χ1v) is 5.39. The van der Waals surface area contributed by atoms with Gasteiger partial charge in [-0.2, -0.15) is 0 Å². The van der Waals surface area contributed by atoms with Gasteiger partial charge in [-0.25, -0.2) is 0 Å². The van der Waals surface area contributed by atoms with E-state index in [9.17, 15) is 4.79 Å². The van der Waals surface area contributed by atoms with Gasteiger partial charge < -0.3 is 0 Å². The summed E-state index contributed by atoms with van der Waals surface area (Å²) in [6.45, 7) is 12.8. The molecule has 0 aromatic rings. The minimum absolute atomic E-state index is 0.252. The monoisotopic (exact) mass is 184 g/mol. The summed E-state index contributed by atoms with van der Waals surface area (Å²) in [6.07, 6.45) is 0.737. The second-order valence-electron chi connectivity index (χ2n) is 5.08. The second kappa shape index (κ2) is 5.41. The number of Topliss-reactive ketones (excluding diaryl/α,β-unsaturated/α-hetero) is 1. The first kappa shape index (κ1) is 12.7. The zero-order valence-electron chi connectivity index (χ0n) is 9.92. The SMILES string of the molecule is CC(C)CC(=O)C(C(C)C)C(C)C. The molecule has 1 heteroatoms. The van der Waals surface area contributed by atoms with E-state index >= 15 is 0 Å². The molecule has 0 aliphatic rings. The number of hydrogen-bond acceptors (Lipinski definition) is 1. The molecule has 0 aliphatic carbocycles. The van der Waals surface area contributed by atoms with Crippen LogP contribution in [0.25, 0.3) is 0 Å². The molecule has 0 saturated carbocycles. The minimum atomic E-state index is 0.252. The van der Waals surface area contributed by atoms with Gasteiger partial charge in [-0.05, 0) is 17.8 Å². The molecular formula is C12H24O. The maximum Gasteiger partial charge on any atom is 0.136 e. The van der Waals surface area contributed by atoms with E-state index in [0.717, 1.165) is 6.42 Å². The van der Waals surface area contributed by atoms with Gasteiger partial charge >= 0.3 is 0 Å². The number of ketones is 1. The van der Waals surface area contributed by atoms with Crippen LogP contribution in [-0.4, -0.2) is 5.78 Å². The molecule has 1 nitrogen and oxygen atoms in total. The summed E-state index contributed by atoms with van der Waals surface area (Å²) in [5.74, 6) is 2.15. The Balaban J connectivity index is 4.29. The summed E-state index contributed by atoms with van der Waals surface area (Å²) < 4.78 is 0. The van der Waals surface area contributed by atoms with E-state index in [1.165, 1.54) is 0 Å². The third-order valence-electron chi connectivity index (χ3n) is 2.42.